The van der Waals surface area contributed by atoms with Crippen LogP contribution in [0.3, 0.4) is 0 Å². The van der Waals surface area contributed by atoms with Crippen LogP contribution in [0.4, 0.5) is 4.39 Å². The van der Waals surface area contributed by atoms with Gasteiger partial charge in [-0.3, -0.25) is 0 Å². The van der Waals surface area contributed by atoms with E-state index in [1.165, 1.54) is 20.3 Å². The molecule has 0 saturated heterocycles. The summed E-state index contributed by atoms with van der Waals surface area (Å²) in [4.78, 5) is 0. The Hall–Kier alpha value is -0.810. The second-order valence-electron chi connectivity index (χ2n) is 2.87. The summed E-state index contributed by atoms with van der Waals surface area (Å²) in [6.07, 6.45) is 0.336. The monoisotopic (exact) mass is 278 g/mol. The molecule has 1 rings (SSSR count). The van der Waals surface area contributed by atoms with Crippen molar-refractivity contribution in [2.75, 3.05) is 20.8 Å². The number of rotatable bonds is 4. The van der Waals surface area contributed by atoms with E-state index < -0.39 is 5.82 Å². The first-order valence-corrected chi connectivity index (χ1v) is 5.14. The number of aliphatic hydroxyl groups excluding tert-OH is 1. The molecule has 84 valence electrons. The molecule has 0 atom stereocenters. The van der Waals surface area contributed by atoms with Gasteiger partial charge < -0.3 is 14.6 Å². The number of benzene rings is 1. The maximum atomic E-state index is 13.5. The van der Waals surface area contributed by atoms with E-state index >= 15 is 0 Å². The molecule has 0 aromatic heterocycles. The van der Waals surface area contributed by atoms with Gasteiger partial charge in [-0.25, -0.2) is 4.39 Å². The normalized spacial score (nSPS) is 10.2. The highest BCUT2D eigenvalue weighted by molar-refractivity contribution is 9.10. The lowest BCUT2D eigenvalue weighted by atomic mass is 10.1. The first kappa shape index (κ1) is 12.3. The van der Waals surface area contributed by atoms with Crippen LogP contribution in [0.25, 0.3) is 0 Å². The Labute approximate surface area is 95.9 Å². The molecule has 0 spiro atoms. The zero-order valence-corrected chi connectivity index (χ0v) is 10.1. The van der Waals surface area contributed by atoms with Crippen molar-refractivity contribution in [1.29, 1.82) is 0 Å². The summed E-state index contributed by atoms with van der Waals surface area (Å²) in [5.74, 6) is 0.115. The van der Waals surface area contributed by atoms with Gasteiger partial charge in [-0.1, -0.05) is 0 Å². The third-order valence-electron chi connectivity index (χ3n) is 2.00. The van der Waals surface area contributed by atoms with Crippen LogP contribution in [0, 0.1) is 5.82 Å². The van der Waals surface area contributed by atoms with Crippen LogP contribution >= 0.6 is 15.9 Å². The number of hydrogen-bond acceptors (Lipinski definition) is 3. The maximum absolute atomic E-state index is 13.5. The van der Waals surface area contributed by atoms with Gasteiger partial charge >= 0.3 is 0 Å². The van der Waals surface area contributed by atoms with E-state index in [4.69, 9.17) is 14.6 Å². The summed E-state index contributed by atoms with van der Waals surface area (Å²) >= 11 is 3.20. The first-order valence-electron chi connectivity index (χ1n) is 4.35. The molecule has 0 aliphatic carbocycles. The third kappa shape index (κ3) is 2.41. The van der Waals surface area contributed by atoms with E-state index in [9.17, 15) is 4.39 Å². The summed E-state index contributed by atoms with van der Waals surface area (Å²) in [6.45, 7) is -0.0609. The predicted octanol–water partition coefficient (Wildman–Crippen LogP) is 2.14. The van der Waals surface area contributed by atoms with E-state index in [1.807, 2.05) is 0 Å². The Bertz CT molecular complexity index is 355. The molecule has 0 aliphatic heterocycles. The summed E-state index contributed by atoms with van der Waals surface area (Å²) in [5, 5.41) is 8.82. The number of ether oxygens (including phenoxy) is 2. The van der Waals surface area contributed by atoms with Crippen LogP contribution in [0.2, 0.25) is 0 Å². The zero-order chi connectivity index (χ0) is 11.4. The van der Waals surface area contributed by atoms with Crippen LogP contribution in [0.1, 0.15) is 5.56 Å². The first-order chi connectivity index (χ1) is 7.15. The number of halogens is 2. The Morgan fingerprint density at radius 3 is 2.40 bits per heavy atom. The second-order valence-corrected chi connectivity index (χ2v) is 3.66. The van der Waals surface area contributed by atoms with Crippen molar-refractivity contribution in [3.63, 3.8) is 0 Å². The third-order valence-corrected chi connectivity index (χ3v) is 2.72. The van der Waals surface area contributed by atoms with Gasteiger partial charge in [0, 0.05) is 12.2 Å². The fourth-order valence-electron chi connectivity index (χ4n) is 1.35. The van der Waals surface area contributed by atoms with Crippen molar-refractivity contribution < 1.29 is 19.0 Å². The van der Waals surface area contributed by atoms with Crippen LogP contribution < -0.4 is 9.47 Å². The number of methoxy groups -OCH3 is 2. The van der Waals surface area contributed by atoms with Gasteiger partial charge in [0.2, 0.25) is 0 Å². The molecule has 0 unspecified atom stereocenters. The van der Waals surface area contributed by atoms with E-state index in [2.05, 4.69) is 15.9 Å². The van der Waals surface area contributed by atoms with Gasteiger partial charge in [-0.2, -0.15) is 0 Å². The highest BCUT2D eigenvalue weighted by Gasteiger charge is 2.17. The Balaban J connectivity index is 3.30. The van der Waals surface area contributed by atoms with Gasteiger partial charge in [-0.15, -0.1) is 0 Å². The van der Waals surface area contributed by atoms with Crippen molar-refractivity contribution in [3.05, 3.63) is 21.9 Å². The molecule has 15 heavy (non-hydrogen) atoms. The molecule has 1 N–H and O–H groups in total. The summed E-state index contributed by atoms with van der Waals surface area (Å²) in [6, 6.07) is 1.30. The molecule has 0 bridgehead atoms. The fourth-order valence-corrected chi connectivity index (χ4v) is 2.11. The Morgan fingerprint density at radius 2 is 1.93 bits per heavy atom. The molecular weight excluding hydrogens is 267 g/mol. The molecule has 1 aromatic rings. The lowest BCUT2D eigenvalue weighted by Gasteiger charge is -2.13. The average Bonchev–Trinajstić information content (AvgIpc) is 2.19. The Kier molecular flexibility index (Phi) is 4.35. The van der Waals surface area contributed by atoms with Gasteiger partial charge in [0.05, 0.1) is 14.2 Å². The predicted molar refractivity (Wildman–Crippen MR) is 58.0 cm³/mol. The lowest BCUT2D eigenvalue weighted by Crippen LogP contribution is -2.00. The average molecular weight is 279 g/mol. The van der Waals surface area contributed by atoms with E-state index in [0.717, 1.165) is 0 Å². The second kappa shape index (κ2) is 5.32. The minimum absolute atomic E-state index is 0.0609. The van der Waals surface area contributed by atoms with Gasteiger partial charge in [0.15, 0.2) is 11.6 Å². The fraction of sp³-hybridized carbons (Fsp3) is 0.400. The molecule has 1 aromatic carbocycles. The molecule has 3 nitrogen and oxygen atoms in total. The largest absolute Gasteiger partial charge is 0.495 e. The van der Waals surface area contributed by atoms with Crippen molar-refractivity contribution in [3.8, 4) is 11.5 Å². The minimum Gasteiger partial charge on any atom is -0.495 e. The standard InChI is InChI=1S/C10H12BrFO3/c1-14-9-6(3-4-13)5-7(12)10(15-2)8(9)11/h5,13H,3-4H2,1-2H3. The van der Waals surface area contributed by atoms with Crippen LogP contribution in [0.5, 0.6) is 11.5 Å². The SMILES string of the molecule is COc1c(F)cc(CCO)c(OC)c1Br. The molecule has 5 heteroatoms. The zero-order valence-electron chi connectivity index (χ0n) is 8.51. The minimum atomic E-state index is -0.478. The molecule has 0 saturated carbocycles. The molecule has 0 aliphatic rings. The van der Waals surface area contributed by atoms with Gasteiger partial charge in [0.25, 0.3) is 0 Å². The van der Waals surface area contributed by atoms with E-state index in [0.29, 0.717) is 22.2 Å². The van der Waals surface area contributed by atoms with Crippen molar-refractivity contribution >= 4 is 15.9 Å². The van der Waals surface area contributed by atoms with Crippen LogP contribution in [-0.2, 0) is 6.42 Å². The molecule has 0 radical (unpaired) electrons. The topological polar surface area (TPSA) is 38.7 Å². The summed E-state index contributed by atoms with van der Waals surface area (Å²) in [7, 11) is 2.87. The van der Waals surface area contributed by atoms with E-state index in [-0.39, 0.29) is 12.4 Å². The number of aliphatic hydroxyl groups is 1. The molecule has 0 heterocycles. The van der Waals surface area contributed by atoms with Gasteiger partial charge in [0.1, 0.15) is 10.2 Å². The highest BCUT2D eigenvalue weighted by Crippen LogP contribution is 2.39. The van der Waals surface area contributed by atoms with Crippen LogP contribution in [0.15, 0.2) is 10.5 Å². The molecular formula is C10H12BrFO3. The number of hydrogen-bond donors (Lipinski definition) is 1. The summed E-state index contributed by atoms with van der Waals surface area (Å²) in [5.41, 5.74) is 0.602. The van der Waals surface area contributed by atoms with Crippen LogP contribution in [-0.4, -0.2) is 25.9 Å². The van der Waals surface area contributed by atoms with Crippen molar-refractivity contribution in [2.24, 2.45) is 0 Å². The smallest absolute Gasteiger partial charge is 0.172 e. The molecule has 0 fully saturated rings. The summed E-state index contributed by atoms with van der Waals surface area (Å²) < 4.78 is 23.9. The highest BCUT2D eigenvalue weighted by atomic mass is 79.9. The van der Waals surface area contributed by atoms with Crippen molar-refractivity contribution in [2.45, 2.75) is 6.42 Å². The quantitative estimate of drug-likeness (QED) is 0.917. The molecule has 0 amide bonds. The lowest BCUT2D eigenvalue weighted by molar-refractivity contribution is 0.295. The van der Waals surface area contributed by atoms with Crippen molar-refractivity contribution in [1.82, 2.24) is 0 Å². The Morgan fingerprint density at radius 1 is 1.33 bits per heavy atom. The maximum Gasteiger partial charge on any atom is 0.172 e. The van der Waals surface area contributed by atoms with E-state index in [1.54, 1.807) is 0 Å². The van der Waals surface area contributed by atoms with Gasteiger partial charge in [-0.05, 0) is 28.4 Å².